The Bertz CT molecular complexity index is 526. The lowest BCUT2D eigenvalue weighted by Crippen LogP contribution is -2.12. The van der Waals surface area contributed by atoms with Gasteiger partial charge in [0.15, 0.2) is 0 Å². The molecule has 1 aromatic carbocycles. The second-order valence-electron chi connectivity index (χ2n) is 3.88. The van der Waals surface area contributed by atoms with Crippen LogP contribution in [0.5, 0.6) is 0 Å². The van der Waals surface area contributed by atoms with E-state index in [1.165, 1.54) is 0 Å². The van der Waals surface area contributed by atoms with E-state index in [1.54, 1.807) is 24.3 Å². The van der Waals surface area contributed by atoms with E-state index in [4.69, 9.17) is 27.4 Å². The molecule has 18 heavy (non-hydrogen) atoms. The van der Waals surface area contributed by atoms with Gasteiger partial charge in [-0.05, 0) is 24.1 Å². The predicted octanol–water partition coefficient (Wildman–Crippen LogP) is 3.63. The normalized spacial score (nSPS) is 13.3. The summed E-state index contributed by atoms with van der Waals surface area (Å²) >= 11 is 11.8. The van der Waals surface area contributed by atoms with Crippen molar-refractivity contribution in [3.05, 3.63) is 46.5 Å². The fourth-order valence-corrected chi connectivity index (χ4v) is 2.19. The van der Waals surface area contributed by atoms with Crippen LogP contribution in [0.3, 0.4) is 0 Å². The zero-order valence-corrected chi connectivity index (χ0v) is 12.2. The van der Waals surface area contributed by atoms with Crippen LogP contribution in [-0.2, 0) is 14.3 Å². The van der Waals surface area contributed by atoms with Crippen LogP contribution in [0.1, 0.15) is 17.9 Å². The monoisotopic (exact) mass is 308 g/mol. The van der Waals surface area contributed by atoms with Crippen molar-refractivity contribution in [1.29, 1.82) is 0 Å². The molecule has 0 radical (unpaired) electrons. The quantitative estimate of drug-likeness (QED) is 0.595. The van der Waals surface area contributed by atoms with E-state index in [2.05, 4.69) is 6.58 Å². The summed E-state index contributed by atoms with van der Waals surface area (Å²) in [7, 11) is -3.46. The van der Waals surface area contributed by atoms with Crippen molar-refractivity contribution in [2.75, 3.05) is 12.9 Å². The molecule has 0 unspecified atom stereocenters. The van der Waals surface area contributed by atoms with Gasteiger partial charge in [-0.2, -0.15) is 8.42 Å². The van der Waals surface area contributed by atoms with Crippen LogP contribution in [0.4, 0.5) is 0 Å². The third kappa shape index (κ3) is 4.98. The highest BCUT2D eigenvalue weighted by molar-refractivity contribution is 7.85. The van der Waals surface area contributed by atoms with Gasteiger partial charge in [-0.25, -0.2) is 0 Å². The predicted molar refractivity (Wildman–Crippen MR) is 74.8 cm³/mol. The molecule has 0 N–H and O–H groups in total. The summed E-state index contributed by atoms with van der Waals surface area (Å²) in [6, 6.07) is 5.19. The van der Waals surface area contributed by atoms with Gasteiger partial charge < -0.3 is 0 Å². The molecule has 6 heteroatoms. The van der Waals surface area contributed by atoms with Crippen molar-refractivity contribution < 1.29 is 12.6 Å². The van der Waals surface area contributed by atoms with Crippen LogP contribution in [0.15, 0.2) is 30.9 Å². The molecular weight excluding hydrogens is 295 g/mol. The number of hydrogen-bond donors (Lipinski definition) is 0. The Labute approximate surface area is 117 Å². The number of rotatable bonds is 6. The van der Waals surface area contributed by atoms with E-state index in [-0.39, 0.29) is 12.5 Å². The molecule has 0 aromatic heterocycles. The first-order valence-corrected chi connectivity index (χ1v) is 7.81. The largest absolute Gasteiger partial charge is 0.270 e. The van der Waals surface area contributed by atoms with Gasteiger partial charge in [0, 0.05) is 5.92 Å². The van der Waals surface area contributed by atoms with Crippen molar-refractivity contribution in [1.82, 2.24) is 0 Å². The van der Waals surface area contributed by atoms with Crippen LogP contribution in [-0.4, -0.2) is 21.3 Å². The molecule has 0 fully saturated rings. The summed E-state index contributed by atoms with van der Waals surface area (Å²) in [5.74, 6) is -0.119. The minimum atomic E-state index is -3.46. The molecule has 1 atom stereocenters. The number of allylic oxidation sites excluding steroid dienone is 1. The second kappa shape index (κ2) is 6.57. The van der Waals surface area contributed by atoms with Crippen LogP contribution in [0.25, 0.3) is 0 Å². The van der Waals surface area contributed by atoms with Crippen LogP contribution >= 0.6 is 23.2 Å². The number of benzene rings is 1. The fraction of sp³-hybridized carbons (Fsp3) is 0.333. The minimum Gasteiger partial charge on any atom is -0.270 e. The smallest absolute Gasteiger partial charge is 0.264 e. The molecule has 0 bridgehead atoms. The maximum absolute atomic E-state index is 11.0. The molecule has 0 aliphatic rings. The zero-order chi connectivity index (χ0) is 13.8. The Morgan fingerprint density at radius 2 is 2.06 bits per heavy atom. The standard InChI is InChI=1S/C12H14Cl2O3S/c1-3-4-10(8-17-18(2,15)16)9-5-6-11(13)12(14)7-9/h3,5-7,10H,1,4,8H2,2H3/t10-/m0/s1. The van der Waals surface area contributed by atoms with Gasteiger partial charge in [0.05, 0.1) is 22.9 Å². The van der Waals surface area contributed by atoms with Crippen molar-refractivity contribution in [2.45, 2.75) is 12.3 Å². The zero-order valence-electron chi connectivity index (χ0n) is 9.90. The van der Waals surface area contributed by atoms with Gasteiger partial charge in [-0.1, -0.05) is 35.3 Å². The molecule has 0 heterocycles. The Balaban J connectivity index is 2.89. The molecule has 1 rings (SSSR count). The van der Waals surface area contributed by atoms with Crippen LogP contribution in [0, 0.1) is 0 Å². The lowest BCUT2D eigenvalue weighted by atomic mass is 9.97. The summed E-state index contributed by atoms with van der Waals surface area (Å²) in [4.78, 5) is 0. The Kier molecular flexibility index (Phi) is 5.66. The van der Waals surface area contributed by atoms with E-state index in [0.29, 0.717) is 16.5 Å². The summed E-state index contributed by atoms with van der Waals surface area (Å²) in [5.41, 5.74) is 0.868. The number of hydrogen-bond acceptors (Lipinski definition) is 3. The Morgan fingerprint density at radius 3 is 2.56 bits per heavy atom. The summed E-state index contributed by atoms with van der Waals surface area (Å²) in [6.45, 7) is 3.70. The summed E-state index contributed by atoms with van der Waals surface area (Å²) < 4.78 is 26.8. The molecule has 0 saturated carbocycles. The van der Waals surface area contributed by atoms with E-state index in [0.717, 1.165) is 11.8 Å². The highest BCUT2D eigenvalue weighted by Crippen LogP contribution is 2.28. The first kappa shape index (κ1) is 15.5. The molecule has 0 spiro atoms. The van der Waals surface area contributed by atoms with E-state index < -0.39 is 10.1 Å². The lowest BCUT2D eigenvalue weighted by molar-refractivity contribution is 0.295. The third-order valence-electron chi connectivity index (χ3n) is 2.35. The highest BCUT2D eigenvalue weighted by atomic mass is 35.5. The van der Waals surface area contributed by atoms with E-state index >= 15 is 0 Å². The fourth-order valence-electron chi connectivity index (χ4n) is 1.47. The maximum Gasteiger partial charge on any atom is 0.264 e. The van der Waals surface area contributed by atoms with Crippen molar-refractivity contribution in [3.63, 3.8) is 0 Å². The summed E-state index contributed by atoms with van der Waals surface area (Å²) in [5, 5.41) is 0.893. The number of halogens is 2. The van der Waals surface area contributed by atoms with Gasteiger partial charge in [-0.3, -0.25) is 4.18 Å². The van der Waals surface area contributed by atoms with Gasteiger partial charge in [0.25, 0.3) is 10.1 Å². The van der Waals surface area contributed by atoms with Gasteiger partial charge in [0.2, 0.25) is 0 Å². The molecule has 1 aromatic rings. The van der Waals surface area contributed by atoms with Gasteiger partial charge in [0.1, 0.15) is 0 Å². The van der Waals surface area contributed by atoms with Crippen molar-refractivity contribution in [3.8, 4) is 0 Å². The average Bonchev–Trinajstić information content (AvgIpc) is 2.27. The first-order valence-electron chi connectivity index (χ1n) is 5.23. The molecule has 0 amide bonds. The Morgan fingerprint density at radius 1 is 1.39 bits per heavy atom. The van der Waals surface area contributed by atoms with Crippen molar-refractivity contribution >= 4 is 33.3 Å². The van der Waals surface area contributed by atoms with Crippen LogP contribution < -0.4 is 0 Å². The first-order chi connectivity index (χ1) is 8.33. The highest BCUT2D eigenvalue weighted by Gasteiger charge is 2.14. The lowest BCUT2D eigenvalue weighted by Gasteiger charge is -2.15. The van der Waals surface area contributed by atoms with Gasteiger partial charge in [-0.15, -0.1) is 6.58 Å². The maximum atomic E-state index is 11.0. The van der Waals surface area contributed by atoms with Gasteiger partial charge >= 0.3 is 0 Å². The van der Waals surface area contributed by atoms with E-state index in [9.17, 15) is 8.42 Å². The molecular formula is C12H14Cl2O3S. The summed E-state index contributed by atoms with van der Waals surface area (Å²) in [6.07, 6.45) is 3.32. The molecule has 0 aliphatic heterocycles. The SMILES string of the molecule is C=CC[C@@H](COS(C)(=O)=O)c1ccc(Cl)c(Cl)c1. The Hall–Kier alpha value is -0.550. The van der Waals surface area contributed by atoms with E-state index in [1.807, 2.05) is 0 Å². The second-order valence-corrected chi connectivity index (χ2v) is 6.34. The van der Waals surface area contributed by atoms with Crippen molar-refractivity contribution in [2.24, 2.45) is 0 Å². The molecule has 3 nitrogen and oxygen atoms in total. The molecule has 0 saturated heterocycles. The third-order valence-corrected chi connectivity index (χ3v) is 3.65. The molecule has 100 valence electrons. The molecule has 0 aliphatic carbocycles. The average molecular weight is 309 g/mol. The topological polar surface area (TPSA) is 43.4 Å². The minimum absolute atomic E-state index is 0.0583. The van der Waals surface area contributed by atoms with Crippen LogP contribution in [0.2, 0.25) is 10.0 Å².